The van der Waals surface area contributed by atoms with Crippen LogP contribution in [0.3, 0.4) is 0 Å². The number of alkyl halides is 2. The number of anilines is 1. The molecule has 0 aliphatic heterocycles. The molecule has 2 aromatic rings. The second kappa shape index (κ2) is 4.79. The summed E-state index contributed by atoms with van der Waals surface area (Å²) in [7, 11) is 0. The molecule has 4 nitrogen and oxygen atoms in total. The van der Waals surface area contributed by atoms with Crippen LogP contribution in [0.25, 0.3) is 10.9 Å². The summed E-state index contributed by atoms with van der Waals surface area (Å²) in [5.74, 6) is -3.60. The molecule has 6 heteroatoms. The van der Waals surface area contributed by atoms with Crippen LogP contribution in [0.15, 0.2) is 30.3 Å². The fraction of sp³-hybridized carbons (Fsp3) is 0.231. The van der Waals surface area contributed by atoms with Gasteiger partial charge >= 0.3 is 5.97 Å². The summed E-state index contributed by atoms with van der Waals surface area (Å²) in [5, 5.41) is 12.1. The van der Waals surface area contributed by atoms with Gasteiger partial charge in [-0.15, -0.1) is 0 Å². The highest BCUT2D eigenvalue weighted by Crippen LogP contribution is 2.18. The first-order valence-electron chi connectivity index (χ1n) is 5.61. The van der Waals surface area contributed by atoms with Crippen molar-refractivity contribution < 1.29 is 18.7 Å². The first kappa shape index (κ1) is 13.2. The maximum absolute atomic E-state index is 12.7. The fourth-order valence-corrected chi connectivity index (χ4v) is 1.59. The van der Waals surface area contributed by atoms with Gasteiger partial charge in [-0.05, 0) is 24.3 Å². The van der Waals surface area contributed by atoms with Crippen molar-refractivity contribution in [1.29, 1.82) is 0 Å². The zero-order valence-electron chi connectivity index (χ0n) is 10.2. The molecule has 0 aliphatic rings. The van der Waals surface area contributed by atoms with E-state index in [0.717, 1.165) is 12.3 Å². The van der Waals surface area contributed by atoms with E-state index in [2.05, 4.69) is 10.3 Å². The SMILES string of the molecule is CC(F)(F)CNc1ccc2ccc(C(=O)O)cc2n1. The number of nitrogens with one attached hydrogen (secondary N) is 1. The lowest BCUT2D eigenvalue weighted by atomic mass is 10.1. The minimum atomic E-state index is -2.83. The third-order valence-corrected chi connectivity index (χ3v) is 2.52. The zero-order valence-corrected chi connectivity index (χ0v) is 10.2. The first-order valence-corrected chi connectivity index (χ1v) is 5.61. The lowest BCUT2D eigenvalue weighted by Crippen LogP contribution is -2.23. The van der Waals surface area contributed by atoms with Crippen molar-refractivity contribution >= 4 is 22.7 Å². The Bertz CT molecular complexity index is 624. The highest BCUT2D eigenvalue weighted by Gasteiger charge is 2.20. The quantitative estimate of drug-likeness (QED) is 0.893. The number of halogens is 2. The van der Waals surface area contributed by atoms with E-state index in [-0.39, 0.29) is 11.4 Å². The molecular formula is C13H12F2N2O2. The van der Waals surface area contributed by atoms with Crippen molar-refractivity contribution in [3.8, 4) is 0 Å². The largest absolute Gasteiger partial charge is 0.478 e. The molecule has 0 amide bonds. The van der Waals surface area contributed by atoms with Gasteiger partial charge in [0.1, 0.15) is 5.82 Å². The van der Waals surface area contributed by atoms with Crippen LogP contribution in [-0.2, 0) is 0 Å². The number of rotatable bonds is 4. The summed E-state index contributed by atoms with van der Waals surface area (Å²) in [6.45, 7) is 0.285. The summed E-state index contributed by atoms with van der Waals surface area (Å²) in [5.41, 5.74) is 0.558. The van der Waals surface area contributed by atoms with Crippen molar-refractivity contribution in [3.05, 3.63) is 35.9 Å². The highest BCUT2D eigenvalue weighted by molar-refractivity contribution is 5.93. The second-order valence-electron chi connectivity index (χ2n) is 4.33. The van der Waals surface area contributed by atoms with E-state index >= 15 is 0 Å². The Morgan fingerprint density at radius 3 is 2.68 bits per heavy atom. The molecule has 0 bridgehead atoms. The minimum absolute atomic E-state index is 0.109. The van der Waals surface area contributed by atoms with E-state index in [1.807, 2.05) is 0 Å². The monoisotopic (exact) mass is 266 g/mol. The van der Waals surface area contributed by atoms with Crippen LogP contribution >= 0.6 is 0 Å². The molecule has 19 heavy (non-hydrogen) atoms. The van der Waals surface area contributed by atoms with Gasteiger partial charge in [0.15, 0.2) is 0 Å². The van der Waals surface area contributed by atoms with Crippen LogP contribution in [0.4, 0.5) is 14.6 Å². The van der Waals surface area contributed by atoms with Crippen LogP contribution < -0.4 is 5.32 Å². The topological polar surface area (TPSA) is 62.2 Å². The highest BCUT2D eigenvalue weighted by atomic mass is 19.3. The maximum atomic E-state index is 12.7. The van der Waals surface area contributed by atoms with Crippen molar-refractivity contribution in [2.75, 3.05) is 11.9 Å². The van der Waals surface area contributed by atoms with Gasteiger partial charge in [0, 0.05) is 12.3 Å². The van der Waals surface area contributed by atoms with E-state index in [0.29, 0.717) is 5.52 Å². The molecule has 2 rings (SSSR count). The van der Waals surface area contributed by atoms with Gasteiger partial charge in [0.25, 0.3) is 5.92 Å². The van der Waals surface area contributed by atoms with Gasteiger partial charge in [-0.2, -0.15) is 0 Å². The molecule has 0 fully saturated rings. The molecule has 0 saturated heterocycles. The molecule has 0 saturated carbocycles. The smallest absolute Gasteiger partial charge is 0.335 e. The van der Waals surface area contributed by atoms with Crippen molar-refractivity contribution in [1.82, 2.24) is 4.98 Å². The number of pyridine rings is 1. The molecule has 1 aromatic heterocycles. The summed E-state index contributed by atoms with van der Waals surface area (Å²) < 4.78 is 25.4. The van der Waals surface area contributed by atoms with Gasteiger partial charge in [-0.25, -0.2) is 18.6 Å². The number of nitrogens with zero attached hydrogens (tertiary/aromatic N) is 1. The van der Waals surface area contributed by atoms with Crippen LogP contribution in [0.2, 0.25) is 0 Å². The van der Waals surface area contributed by atoms with Crippen molar-refractivity contribution in [3.63, 3.8) is 0 Å². The Morgan fingerprint density at radius 1 is 1.37 bits per heavy atom. The van der Waals surface area contributed by atoms with Crippen LogP contribution in [0, 0.1) is 0 Å². The predicted octanol–water partition coefficient (Wildman–Crippen LogP) is 3.00. The third-order valence-electron chi connectivity index (χ3n) is 2.52. The normalized spacial score (nSPS) is 11.5. The maximum Gasteiger partial charge on any atom is 0.335 e. The summed E-state index contributed by atoms with van der Waals surface area (Å²) in [6, 6.07) is 7.79. The standard InChI is InChI=1S/C13H12F2N2O2/c1-13(14,15)7-16-11-5-4-8-2-3-9(12(18)19)6-10(8)17-11/h2-6H,7H2,1H3,(H,16,17)(H,18,19). The summed E-state index contributed by atoms with van der Waals surface area (Å²) in [6.07, 6.45) is 0. The molecule has 1 heterocycles. The minimum Gasteiger partial charge on any atom is -0.478 e. The third kappa shape index (κ3) is 3.37. The van der Waals surface area contributed by atoms with Crippen LogP contribution in [0.1, 0.15) is 17.3 Å². The van der Waals surface area contributed by atoms with Gasteiger partial charge in [-0.3, -0.25) is 0 Å². The molecule has 0 radical (unpaired) electrons. The number of carbonyl (C=O) groups is 1. The summed E-state index contributed by atoms with van der Waals surface area (Å²) >= 11 is 0. The Morgan fingerprint density at radius 2 is 2.05 bits per heavy atom. The van der Waals surface area contributed by atoms with Gasteiger partial charge in [0.05, 0.1) is 17.6 Å². The number of carboxylic acids is 1. The average Bonchev–Trinajstić information content (AvgIpc) is 2.34. The average molecular weight is 266 g/mol. The van der Waals surface area contributed by atoms with E-state index in [1.165, 1.54) is 12.1 Å². The van der Waals surface area contributed by atoms with E-state index in [9.17, 15) is 13.6 Å². The van der Waals surface area contributed by atoms with Gasteiger partial charge < -0.3 is 10.4 Å². The second-order valence-corrected chi connectivity index (χ2v) is 4.33. The van der Waals surface area contributed by atoms with E-state index in [1.54, 1.807) is 18.2 Å². The molecule has 0 aliphatic carbocycles. The number of benzene rings is 1. The number of hydrogen-bond donors (Lipinski definition) is 2. The molecule has 0 unspecified atom stereocenters. The Balaban J connectivity index is 2.30. The predicted molar refractivity (Wildman–Crippen MR) is 67.8 cm³/mol. The Labute approximate surface area is 108 Å². The van der Waals surface area contributed by atoms with Gasteiger partial charge in [-0.1, -0.05) is 6.07 Å². The molecule has 100 valence electrons. The lowest BCUT2D eigenvalue weighted by Gasteiger charge is -2.12. The van der Waals surface area contributed by atoms with Crippen LogP contribution in [-0.4, -0.2) is 28.5 Å². The van der Waals surface area contributed by atoms with Gasteiger partial charge in [0.2, 0.25) is 0 Å². The zero-order chi connectivity index (χ0) is 14.0. The van der Waals surface area contributed by atoms with E-state index in [4.69, 9.17) is 5.11 Å². The molecular weight excluding hydrogens is 254 g/mol. The van der Waals surface area contributed by atoms with Crippen LogP contribution in [0.5, 0.6) is 0 Å². The molecule has 0 spiro atoms. The number of aromatic carboxylic acids is 1. The first-order chi connectivity index (χ1) is 8.85. The molecule has 2 N–H and O–H groups in total. The number of aromatic nitrogens is 1. The van der Waals surface area contributed by atoms with E-state index < -0.39 is 18.4 Å². The Kier molecular flexibility index (Phi) is 3.33. The molecule has 0 atom stereocenters. The fourth-order valence-electron chi connectivity index (χ4n) is 1.59. The van der Waals surface area contributed by atoms with Crippen molar-refractivity contribution in [2.24, 2.45) is 0 Å². The number of fused-ring (bicyclic) bond motifs is 1. The number of carboxylic acid groups (broad SMARTS) is 1. The summed E-state index contributed by atoms with van der Waals surface area (Å²) in [4.78, 5) is 15.0. The Hall–Kier alpha value is -2.24. The lowest BCUT2D eigenvalue weighted by molar-refractivity contribution is 0.0367. The molecule has 1 aromatic carbocycles. The number of hydrogen-bond acceptors (Lipinski definition) is 3. The van der Waals surface area contributed by atoms with Crippen molar-refractivity contribution in [2.45, 2.75) is 12.8 Å².